The first-order valence-corrected chi connectivity index (χ1v) is 12.1. The first-order valence-electron chi connectivity index (χ1n) is 12.1. The number of carbonyl (C=O) groups is 1. The number of anilines is 1. The smallest absolute Gasteiger partial charge is 0.274 e. The highest BCUT2D eigenvalue weighted by Crippen LogP contribution is 2.38. The van der Waals surface area contributed by atoms with Crippen LogP contribution in [-0.2, 0) is 0 Å². The van der Waals surface area contributed by atoms with Crippen LogP contribution in [0.4, 0.5) is 18.9 Å². The molecule has 1 aromatic carbocycles. The SMILES string of the molecule is CC(C)Oc1cc(F)c(-c2nc(C(=O)Nc3cnccc3[C@H]3C[C@@H](N)[C@@H](O)[C@@H](C)C3)ccc2F)c(F)c1. The molecule has 0 saturated heterocycles. The summed E-state index contributed by atoms with van der Waals surface area (Å²) in [7, 11) is 0. The highest BCUT2D eigenvalue weighted by atomic mass is 19.1. The molecule has 2 aromatic heterocycles. The molecule has 10 heteroatoms. The summed E-state index contributed by atoms with van der Waals surface area (Å²) < 4.78 is 49.5. The fraction of sp³-hybridized carbons (Fsp3) is 0.370. The Bertz CT molecular complexity index is 1270. The maximum atomic E-state index is 14.8. The summed E-state index contributed by atoms with van der Waals surface area (Å²) in [5.74, 6) is -3.94. The lowest BCUT2D eigenvalue weighted by Gasteiger charge is -2.36. The molecule has 0 spiro atoms. The van der Waals surface area contributed by atoms with Crippen LogP contribution in [0, 0.1) is 23.4 Å². The average Bonchev–Trinajstić information content (AvgIpc) is 2.82. The number of nitrogens with two attached hydrogens (primary N) is 1. The van der Waals surface area contributed by atoms with Crippen LogP contribution >= 0.6 is 0 Å². The Kier molecular flexibility index (Phi) is 7.79. The monoisotopic (exact) mass is 514 g/mol. The van der Waals surface area contributed by atoms with Crippen molar-refractivity contribution in [3.63, 3.8) is 0 Å². The van der Waals surface area contributed by atoms with Gasteiger partial charge in [0.1, 0.15) is 34.6 Å². The van der Waals surface area contributed by atoms with Crippen LogP contribution in [0.15, 0.2) is 42.7 Å². The summed E-state index contributed by atoms with van der Waals surface area (Å²) in [4.78, 5) is 21.1. The van der Waals surface area contributed by atoms with E-state index in [4.69, 9.17) is 10.5 Å². The van der Waals surface area contributed by atoms with Gasteiger partial charge in [-0.15, -0.1) is 0 Å². The van der Waals surface area contributed by atoms with Gasteiger partial charge in [0.2, 0.25) is 0 Å². The standard InChI is InChI=1S/C27H29F3N4O3/c1-13(2)37-16-10-19(29)24(20(30)11-16)25-18(28)4-5-22(33-25)27(36)34-23-12-32-7-6-17(23)15-8-14(3)26(35)21(31)9-15/h4-7,10-15,21,26,35H,8-9,31H2,1-3H3,(H,34,36)/t14-,15+,21+,26-/m0/s1. The highest BCUT2D eigenvalue weighted by molar-refractivity contribution is 6.03. The van der Waals surface area contributed by atoms with Crippen molar-refractivity contribution >= 4 is 11.6 Å². The van der Waals surface area contributed by atoms with E-state index in [9.17, 15) is 23.1 Å². The van der Waals surface area contributed by atoms with Crippen LogP contribution in [0.2, 0.25) is 0 Å². The number of aliphatic hydroxyl groups is 1. The first kappa shape index (κ1) is 26.6. The molecule has 1 aliphatic rings. The van der Waals surface area contributed by atoms with Crippen LogP contribution in [0.25, 0.3) is 11.3 Å². The molecule has 4 rings (SSSR count). The molecule has 2 heterocycles. The maximum absolute atomic E-state index is 14.8. The second kappa shape index (κ2) is 10.9. The molecule has 0 bridgehead atoms. The van der Waals surface area contributed by atoms with E-state index in [1.807, 2.05) is 6.92 Å². The van der Waals surface area contributed by atoms with Crippen LogP contribution in [0.1, 0.15) is 55.6 Å². The van der Waals surface area contributed by atoms with Crippen molar-refractivity contribution in [2.24, 2.45) is 11.7 Å². The molecule has 1 aliphatic carbocycles. The van der Waals surface area contributed by atoms with E-state index in [1.54, 1.807) is 26.1 Å². The molecule has 4 N–H and O–H groups in total. The number of pyridine rings is 2. The Labute approximate surface area is 212 Å². The number of nitrogens with one attached hydrogen (secondary N) is 1. The van der Waals surface area contributed by atoms with Crippen molar-refractivity contribution in [2.75, 3.05) is 5.32 Å². The van der Waals surface area contributed by atoms with Gasteiger partial charge in [0.15, 0.2) is 0 Å². The second-order valence-corrected chi connectivity index (χ2v) is 9.67. The first-order chi connectivity index (χ1) is 17.5. The summed E-state index contributed by atoms with van der Waals surface area (Å²) in [6.45, 7) is 5.32. The summed E-state index contributed by atoms with van der Waals surface area (Å²) in [5.41, 5.74) is 5.74. The largest absolute Gasteiger partial charge is 0.491 e. The zero-order chi connectivity index (χ0) is 26.9. The minimum Gasteiger partial charge on any atom is -0.491 e. The second-order valence-electron chi connectivity index (χ2n) is 9.67. The van der Waals surface area contributed by atoms with Gasteiger partial charge in [0.05, 0.1) is 29.7 Å². The predicted octanol–water partition coefficient (Wildman–Crippen LogP) is 4.80. The molecule has 196 valence electrons. The summed E-state index contributed by atoms with van der Waals surface area (Å²) in [5, 5.41) is 12.9. The van der Waals surface area contributed by atoms with Gasteiger partial charge in [-0.2, -0.15) is 0 Å². The van der Waals surface area contributed by atoms with E-state index in [0.29, 0.717) is 18.5 Å². The minimum absolute atomic E-state index is 0.0294. The van der Waals surface area contributed by atoms with Gasteiger partial charge in [0, 0.05) is 24.4 Å². The molecule has 0 unspecified atom stereocenters. The lowest BCUT2D eigenvalue weighted by Crippen LogP contribution is -2.44. The van der Waals surface area contributed by atoms with Gasteiger partial charge in [-0.1, -0.05) is 6.92 Å². The zero-order valence-corrected chi connectivity index (χ0v) is 20.7. The van der Waals surface area contributed by atoms with Crippen molar-refractivity contribution in [1.82, 2.24) is 9.97 Å². The number of hydrogen-bond acceptors (Lipinski definition) is 6. The van der Waals surface area contributed by atoms with E-state index in [-0.39, 0.29) is 29.4 Å². The molecule has 1 fully saturated rings. The van der Waals surface area contributed by atoms with Crippen LogP contribution in [0.5, 0.6) is 5.75 Å². The molecule has 0 radical (unpaired) electrons. The van der Waals surface area contributed by atoms with Gasteiger partial charge in [-0.3, -0.25) is 9.78 Å². The number of hydrogen-bond donors (Lipinski definition) is 3. The summed E-state index contributed by atoms with van der Waals surface area (Å²) in [6, 6.07) is 5.32. The minimum atomic E-state index is -1.07. The van der Waals surface area contributed by atoms with Gasteiger partial charge in [0.25, 0.3) is 5.91 Å². The molecular weight excluding hydrogens is 485 g/mol. The summed E-state index contributed by atoms with van der Waals surface area (Å²) in [6.07, 6.45) is 3.33. The van der Waals surface area contributed by atoms with E-state index in [0.717, 1.165) is 29.8 Å². The maximum Gasteiger partial charge on any atom is 0.274 e. The van der Waals surface area contributed by atoms with Crippen molar-refractivity contribution in [2.45, 2.75) is 57.8 Å². The highest BCUT2D eigenvalue weighted by Gasteiger charge is 2.34. The number of carbonyl (C=O) groups excluding carboxylic acids is 1. The fourth-order valence-corrected chi connectivity index (χ4v) is 4.74. The lowest BCUT2D eigenvalue weighted by molar-refractivity contribution is 0.0521. The third-order valence-corrected chi connectivity index (χ3v) is 6.48. The van der Waals surface area contributed by atoms with Crippen LogP contribution < -0.4 is 15.8 Å². The topological polar surface area (TPSA) is 110 Å². The average molecular weight is 515 g/mol. The van der Waals surface area contributed by atoms with Crippen LogP contribution in [-0.4, -0.2) is 39.2 Å². The number of nitrogens with zero attached hydrogens (tertiary/aromatic N) is 2. The van der Waals surface area contributed by atoms with Gasteiger partial charge < -0.3 is 20.9 Å². The number of ether oxygens (including phenoxy) is 1. The molecule has 7 nitrogen and oxygen atoms in total. The van der Waals surface area contributed by atoms with E-state index < -0.39 is 46.8 Å². The van der Waals surface area contributed by atoms with Crippen LogP contribution in [0.3, 0.4) is 0 Å². The fourth-order valence-electron chi connectivity index (χ4n) is 4.74. The third kappa shape index (κ3) is 5.75. The molecule has 3 aromatic rings. The van der Waals surface area contributed by atoms with Crippen molar-refractivity contribution in [1.29, 1.82) is 0 Å². The van der Waals surface area contributed by atoms with E-state index in [2.05, 4.69) is 15.3 Å². The van der Waals surface area contributed by atoms with Gasteiger partial charge >= 0.3 is 0 Å². The third-order valence-electron chi connectivity index (χ3n) is 6.48. The van der Waals surface area contributed by atoms with Crippen molar-refractivity contribution < 1.29 is 27.8 Å². The van der Waals surface area contributed by atoms with E-state index in [1.165, 1.54) is 6.20 Å². The predicted molar refractivity (Wildman–Crippen MR) is 133 cm³/mol. The zero-order valence-electron chi connectivity index (χ0n) is 20.7. The number of halogens is 3. The normalized spacial score (nSPS) is 21.6. The Balaban J connectivity index is 1.62. The van der Waals surface area contributed by atoms with Gasteiger partial charge in [-0.25, -0.2) is 18.2 Å². The number of benzene rings is 1. The quantitative estimate of drug-likeness (QED) is 0.436. The van der Waals surface area contributed by atoms with Gasteiger partial charge in [-0.05, 0) is 62.3 Å². The Morgan fingerprint density at radius 3 is 2.49 bits per heavy atom. The molecule has 0 aliphatic heterocycles. The molecule has 4 atom stereocenters. The van der Waals surface area contributed by atoms with Crippen molar-refractivity contribution in [3.8, 4) is 17.0 Å². The number of aliphatic hydroxyl groups excluding tert-OH is 1. The van der Waals surface area contributed by atoms with Crippen molar-refractivity contribution in [3.05, 3.63) is 71.4 Å². The molecule has 37 heavy (non-hydrogen) atoms. The Morgan fingerprint density at radius 2 is 1.84 bits per heavy atom. The molecular formula is C27H29F3N4O3. The Morgan fingerprint density at radius 1 is 1.14 bits per heavy atom. The van der Waals surface area contributed by atoms with E-state index >= 15 is 0 Å². The molecule has 1 amide bonds. The lowest BCUT2D eigenvalue weighted by atomic mass is 9.74. The number of aromatic nitrogens is 2. The number of rotatable bonds is 6. The number of amides is 1. The molecule has 1 saturated carbocycles. The Hall–Kier alpha value is -3.50. The summed E-state index contributed by atoms with van der Waals surface area (Å²) >= 11 is 0.